The Kier molecular flexibility index (Phi) is 6.73. The van der Waals surface area contributed by atoms with E-state index in [1.807, 2.05) is 11.0 Å². The first kappa shape index (κ1) is 25.8. The van der Waals surface area contributed by atoms with E-state index < -0.39 is 17.8 Å². The summed E-state index contributed by atoms with van der Waals surface area (Å²) in [6, 6.07) is 6.41. The quantitative estimate of drug-likeness (QED) is 0.514. The topological polar surface area (TPSA) is 120 Å². The molecule has 1 saturated heterocycles. The average Bonchev–Trinajstić information content (AvgIpc) is 2.85. The maximum Gasteiger partial charge on any atom is 0.416 e. The summed E-state index contributed by atoms with van der Waals surface area (Å²) >= 11 is 0. The van der Waals surface area contributed by atoms with Gasteiger partial charge in [0.15, 0.2) is 0 Å². The van der Waals surface area contributed by atoms with Gasteiger partial charge in [-0.1, -0.05) is 0 Å². The highest BCUT2D eigenvalue weighted by Crippen LogP contribution is 2.34. The van der Waals surface area contributed by atoms with E-state index in [1.54, 1.807) is 24.9 Å². The van der Waals surface area contributed by atoms with Crippen molar-refractivity contribution in [1.29, 1.82) is 5.26 Å². The molecule has 0 spiro atoms. The lowest BCUT2D eigenvalue weighted by atomic mass is 10.0. The van der Waals surface area contributed by atoms with Gasteiger partial charge in [0.1, 0.15) is 17.6 Å². The number of carbonyl (C=O) groups excluding carboxylic acids is 1. The normalized spacial score (nSPS) is 14.9. The third-order valence-corrected chi connectivity index (χ3v) is 6.57. The number of fused-ring (bicyclic) bond motifs is 1. The van der Waals surface area contributed by atoms with Crippen molar-refractivity contribution >= 4 is 34.0 Å². The summed E-state index contributed by atoms with van der Waals surface area (Å²) in [5.41, 5.74) is 5.77. The lowest BCUT2D eigenvalue weighted by Gasteiger charge is -2.35. The smallest absolute Gasteiger partial charge is 0.399 e. The van der Waals surface area contributed by atoms with Gasteiger partial charge in [0, 0.05) is 57.4 Å². The highest BCUT2D eigenvalue weighted by Gasteiger charge is 2.31. The zero-order valence-corrected chi connectivity index (χ0v) is 20.6. The molecule has 37 heavy (non-hydrogen) atoms. The number of nitrogen functional groups attached to an aromatic ring is 1. The molecule has 3 heterocycles. The molecule has 1 amide bonds. The minimum absolute atomic E-state index is 0.0227. The fourth-order valence-corrected chi connectivity index (χ4v) is 4.55. The molecule has 1 aliphatic heterocycles. The molecule has 0 aliphatic carbocycles. The van der Waals surface area contributed by atoms with Gasteiger partial charge in [-0.15, -0.1) is 0 Å². The highest BCUT2D eigenvalue weighted by atomic mass is 19.4. The van der Waals surface area contributed by atoms with E-state index in [-0.39, 0.29) is 22.7 Å². The number of hydrogen-bond donors (Lipinski definition) is 2. The third kappa shape index (κ3) is 5.02. The molecule has 0 saturated carbocycles. The Balaban J connectivity index is 1.77. The number of aromatic nitrogens is 2. The van der Waals surface area contributed by atoms with Gasteiger partial charge in [0.25, 0.3) is 5.56 Å². The highest BCUT2D eigenvalue weighted by molar-refractivity contribution is 5.95. The molecular formula is C25H26F3N7O2. The number of anilines is 3. The molecule has 194 valence electrons. The summed E-state index contributed by atoms with van der Waals surface area (Å²) in [4.78, 5) is 32.9. The Bertz CT molecular complexity index is 1470. The molecule has 0 bridgehead atoms. The third-order valence-electron chi connectivity index (χ3n) is 6.57. The van der Waals surface area contributed by atoms with Gasteiger partial charge in [-0.3, -0.25) is 9.59 Å². The van der Waals surface area contributed by atoms with Gasteiger partial charge >= 0.3 is 6.18 Å². The van der Waals surface area contributed by atoms with Crippen LogP contribution in [0, 0.1) is 11.3 Å². The Labute approximate surface area is 210 Å². The number of alkyl halides is 3. The van der Waals surface area contributed by atoms with E-state index >= 15 is 0 Å². The zero-order valence-electron chi connectivity index (χ0n) is 20.6. The van der Waals surface area contributed by atoms with Crippen LogP contribution in [0.4, 0.5) is 30.4 Å². The van der Waals surface area contributed by atoms with Gasteiger partial charge in [-0.2, -0.15) is 18.4 Å². The maximum absolute atomic E-state index is 13.3. The molecule has 1 aliphatic rings. The number of nitrogens with one attached hydrogen (secondary N) is 1. The van der Waals surface area contributed by atoms with Crippen LogP contribution in [0.1, 0.15) is 36.6 Å². The van der Waals surface area contributed by atoms with E-state index in [2.05, 4.69) is 10.3 Å². The minimum Gasteiger partial charge on any atom is -0.399 e. The molecule has 3 aromatic rings. The van der Waals surface area contributed by atoms with Crippen molar-refractivity contribution in [2.45, 2.75) is 26.1 Å². The standard InChI is InChI=1S/C25H26F3N7O2/c1-14(16-8-18(25(26,27)28)10-19(30)9-16)32-23-20-11-21(35-6-4-34(5-7-35)15(2)36)24(37)33(3)22(20)17(12-29)13-31-23/h8-11,13-14H,4-7,30H2,1-3H3,(H,31,32)/t14-/m1/s1. The van der Waals surface area contributed by atoms with Crippen molar-refractivity contribution in [3.8, 4) is 6.07 Å². The summed E-state index contributed by atoms with van der Waals surface area (Å²) < 4.78 is 41.3. The molecule has 1 fully saturated rings. The minimum atomic E-state index is -4.55. The van der Waals surface area contributed by atoms with Crippen LogP contribution in [-0.4, -0.2) is 46.5 Å². The second-order valence-corrected chi connectivity index (χ2v) is 9.03. The molecule has 0 radical (unpaired) electrons. The van der Waals surface area contributed by atoms with Crippen molar-refractivity contribution in [1.82, 2.24) is 14.5 Å². The Morgan fingerprint density at radius 3 is 2.46 bits per heavy atom. The Hall–Kier alpha value is -4.27. The number of hydrogen-bond acceptors (Lipinski definition) is 7. The first-order chi connectivity index (χ1) is 17.4. The maximum atomic E-state index is 13.3. The SMILES string of the molecule is CC(=O)N1CCN(c2cc3c(N[C@H](C)c4cc(N)cc(C(F)(F)F)c4)ncc(C#N)c3n(C)c2=O)CC1. The van der Waals surface area contributed by atoms with Crippen molar-refractivity contribution in [2.24, 2.45) is 7.05 Å². The number of nitrogens with zero attached hydrogens (tertiary/aromatic N) is 5. The first-order valence-corrected chi connectivity index (χ1v) is 11.6. The lowest BCUT2D eigenvalue weighted by Crippen LogP contribution is -2.49. The number of halogens is 3. The fraction of sp³-hybridized carbons (Fsp3) is 0.360. The molecule has 9 nitrogen and oxygen atoms in total. The molecule has 1 atom stereocenters. The molecule has 3 N–H and O–H groups in total. The van der Waals surface area contributed by atoms with Crippen LogP contribution in [0.3, 0.4) is 0 Å². The monoisotopic (exact) mass is 513 g/mol. The molecule has 0 unspecified atom stereocenters. The summed E-state index contributed by atoms with van der Waals surface area (Å²) in [6.07, 6.45) is -3.23. The average molecular weight is 514 g/mol. The molecular weight excluding hydrogens is 487 g/mol. The second-order valence-electron chi connectivity index (χ2n) is 9.03. The van der Waals surface area contributed by atoms with Crippen molar-refractivity contribution in [2.75, 3.05) is 42.1 Å². The van der Waals surface area contributed by atoms with Crippen LogP contribution >= 0.6 is 0 Å². The van der Waals surface area contributed by atoms with Crippen LogP contribution in [0.25, 0.3) is 10.9 Å². The predicted molar refractivity (Wildman–Crippen MR) is 134 cm³/mol. The van der Waals surface area contributed by atoms with Gasteiger partial charge in [0.2, 0.25) is 5.91 Å². The van der Waals surface area contributed by atoms with Crippen molar-refractivity contribution in [3.05, 3.63) is 57.5 Å². The summed E-state index contributed by atoms with van der Waals surface area (Å²) in [5, 5.41) is 13.2. The van der Waals surface area contributed by atoms with E-state index in [0.717, 1.165) is 12.1 Å². The second kappa shape index (κ2) is 9.65. The Morgan fingerprint density at radius 1 is 1.19 bits per heavy atom. The number of carbonyl (C=O) groups is 1. The lowest BCUT2D eigenvalue weighted by molar-refractivity contribution is -0.137. The largest absolute Gasteiger partial charge is 0.416 e. The number of piperazine rings is 1. The number of rotatable bonds is 4. The number of benzene rings is 1. The predicted octanol–water partition coefficient (Wildman–Crippen LogP) is 3.25. The van der Waals surface area contributed by atoms with E-state index in [9.17, 15) is 28.0 Å². The number of aryl methyl sites for hydroxylation is 1. The van der Waals surface area contributed by atoms with Crippen LogP contribution in [0.15, 0.2) is 35.3 Å². The van der Waals surface area contributed by atoms with Crippen molar-refractivity contribution in [3.63, 3.8) is 0 Å². The van der Waals surface area contributed by atoms with Crippen LogP contribution < -0.4 is 21.5 Å². The molecule has 12 heteroatoms. The van der Waals surface area contributed by atoms with E-state index in [0.29, 0.717) is 54.2 Å². The number of nitriles is 1. The Morgan fingerprint density at radius 2 is 1.86 bits per heavy atom. The molecule has 4 rings (SSSR count). The number of nitrogens with two attached hydrogens (primary N) is 1. The summed E-state index contributed by atoms with van der Waals surface area (Å²) in [5.74, 6) is 0.265. The van der Waals surface area contributed by atoms with Crippen LogP contribution in [0.5, 0.6) is 0 Å². The van der Waals surface area contributed by atoms with Gasteiger partial charge in [0.05, 0.1) is 22.7 Å². The van der Waals surface area contributed by atoms with Crippen LogP contribution in [-0.2, 0) is 18.0 Å². The van der Waals surface area contributed by atoms with Gasteiger partial charge in [-0.25, -0.2) is 4.98 Å². The number of pyridine rings is 2. The summed E-state index contributed by atoms with van der Waals surface area (Å²) in [7, 11) is 1.56. The van der Waals surface area contributed by atoms with E-state index in [4.69, 9.17) is 5.73 Å². The van der Waals surface area contributed by atoms with Gasteiger partial charge in [-0.05, 0) is 36.8 Å². The first-order valence-electron chi connectivity index (χ1n) is 11.6. The summed E-state index contributed by atoms with van der Waals surface area (Å²) in [6.45, 7) is 5.00. The fourth-order valence-electron chi connectivity index (χ4n) is 4.55. The van der Waals surface area contributed by atoms with E-state index in [1.165, 1.54) is 23.8 Å². The zero-order chi connectivity index (χ0) is 27.1. The van der Waals surface area contributed by atoms with Crippen molar-refractivity contribution < 1.29 is 18.0 Å². The van der Waals surface area contributed by atoms with Crippen LogP contribution in [0.2, 0.25) is 0 Å². The number of amides is 1. The van der Waals surface area contributed by atoms with Gasteiger partial charge < -0.3 is 25.4 Å². The molecule has 2 aromatic heterocycles. The molecule has 1 aromatic carbocycles.